The third kappa shape index (κ3) is 3.23. The van der Waals surface area contributed by atoms with Crippen LogP contribution >= 0.6 is 0 Å². The fraction of sp³-hybridized carbons (Fsp3) is 0.353. The molecule has 3 N–H and O–H groups in total. The molecule has 110 valence electrons. The molecule has 0 bridgehead atoms. The minimum Gasteiger partial charge on any atom is -0.490 e. The average molecular weight is 283 g/mol. The molecule has 1 saturated carbocycles. The highest BCUT2D eigenvalue weighted by Crippen LogP contribution is 2.30. The molecule has 0 spiro atoms. The molecule has 4 heteroatoms. The van der Waals surface area contributed by atoms with Crippen LogP contribution in [0.3, 0.4) is 0 Å². The van der Waals surface area contributed by atoms with E-state index in [1.165, 1.54) is 0 Å². The summed E-state index contributed by atoms with van der Waals surface area (Å²) in [5, 5.41) is 0. The lowest BCUT2D eigenvalue weighted by molar-refractivity contribution is 0.302. The molecular formula is C17H21N3O. The summed E-state index contributed by atoms with van der Waals surface area (Å²) in [6, 6.07) is 12.1. The quantitative estimate of drug-likeness (QED) is 0.654. The number of pyridine rings is 1. The molecule has 0 saturated heterocycles. The number of hydrogen-bond acceptors (Lipinski definition) is 4. The van der Waals surface area contributed by atoms with Crippen LogP contribution in [0.15, 0.2) is 36.4 Å². The van der Waals surface area contributed by atoms with E-state index in [4.69, 9.17) is 10.6 Å². The second-order valence-electron chi connectivity index (χ2n) is 5.62. The zero-order valence-electron chi connectivity index (χ0n) is 12.5. The Hall–Kier alpha value is -1.91. The molecule has 0 aliphatic heterocycles. The van der Waals surface area contributed by atoms with Crippen molar-refractivity contribution in [3.63, 3.8) is 0 Å². The van der Waals surface area contributed by atoms with Crippen molar-refractivity contribution in [1.29, 1.82) is 0 Å². The number of hydrogen-bond donors (Lipinski definition) is 2. The SMILES string of the molecule is Cc1ccc(C(NN)c2cccc(OC3CC3)c2)c(C)n1. The highest BCUT2D eigenvalue weighted by atomic mass is 16.5. The minimum atomic E-state index is -0.0825. The van der Waals surface area contributed by atoms with Gasteiger partial charge in [-0.25, -0.2) is 5.43 Å². The van der Waals surface area contributed by atoms with Gasteiger partial charge in [0.2, 0.25) is 0 Å². The zero-order chi connectivity index (χ0) is 14.8. The number of nitrogens with zero attached hydrogens (tertiary/aromatic N) is 1. The summed E-state index contributed by atoms with van der Waals surface area (Å²) < 4.78 is 5.86. The Bertz CT molecular complexity index is 638. The number of aryl methyl sites for hydroxylation is 2. The molecule has 3 rings (SSSR count). The molecule has 1 aromatic heterocycles. The maximum atomic E-state index is 5.86. The van der Waals surface area contributed by atoms with E-state index in [1.54, 1.807) is 0 Å². The molecule has 0 amide bonds. The number of rotatable bonds is 5. The highest BCUT2D eigenvalue weighted by molar-refractivity contribution is 5.38. The van der Waals surface area contributed by atoms with Crippen LogP contribution in [0.4, 0.5) is 0 Å². The number of benzene rings is 1. The third-order valence-corrected chi connectivity index (χ3v) is 3.76. The van der Waals surface area contributed by atoms with Gasteiger partial charge >= 0.3 is 0 Å². The molecule has 0 radical (unpaired) electrons. The lowest BCUT2D eigenvalue weighted by Gasteiger charge is -2.19. The van der Waals surface area contributed by atoms with Crippen LogP contribution in [0.25, 0.3) is 0 Å². The Morgan fingerprint density at radius 2 is 2.05 bits per heavy atom. The molecule has 1 heterocycles. The Kier molecular flexibility index (Phi) is 3.90. The van der Waals surface area contributed by atoms with Crippen LogP contribution in [0.1, 0.15) is 41.4 Å². The maximum absolute atomic E-state index is 5.86. The largest absolute Gasteiger partial charge is 0.490 e. The van der Waals surface area contributed by atoms with Crippen molar-refractivity contribution >= 4 is 0 Å². The topological polar surface area (TPSA) is 60.2 Å². The third-order valence-electron chi connectivity index (χ3n) is 3.76. The minimum absolute atomic E-state index is 0.0825. The lowest BCUT2D eigenvalue weighted by atomic mass is 9.97. The van der Waals surface area contributed by atoms with Gasteiger partial charge in [-0.3, -0.25) is 10.8 Å². The van der Waals surface area contributed by atoms with Crippen molar-refractivity contribution in [1.82, 2.24) is 10.4 Å². The summed E-state index contributed by atoms with van der Waals surface area (Å²) in [5.41, 5.74) is 7.08. The van der Waals surface area contributed by atoms with E-state index >= 15 is 0 Å². The van der Waals surface area contributed by atoms with Crippen molar-refractivity contribution in [2.75, 3.05) is 0 Å². The zero-order valence-corrected chi connectivity index (χ0v) is 12.5. The van der Waals surface area contributed by atoms with Crippen LogP contribution in [0.2, 0.25) is 0 Å². The number of aromatic nitrogens is 1. The Morgan fingerprint density at radius 3 is 2.71 bits per heavy atom. The molecular weight excluding hydrogens is 262 g/mol. The van der Waals surface area contributed by atoms with Gasteiger partial charge in [0.25, 0.3) is 0 Å². The number of nitrogens with two attached hydrogens (primary N) is 1. The van der Waals surface area contributed by atoms with E-state index in [-0.39, 0.29) is 6.04 Å². The van der Waals surface area contributed by atoms with Gasteiger partial charge in [-0.05, 0) is 56.0 Å². The van der Waals surface area contributed by atoms with E-state index in [9.17, 15) is 0 Å². The molecule has 2 aromatic rings. The monoisotopic (exact) mass is 283 g/mol. The summed E-state index contributed by atoms with van der Waals surface area (Å²) in [7, 11) is 0. The summed E-state index contributed by atoms with van der Waals surface area (Å²) in [5.74, 6) is 6.70. The summed E-state index contributed by atoms with van der Waals surface area (Å²) >= 11 is 0. The highest BCUT2D eigenvalue weighted by Gasteiger charge is 2.24. The second kappa shape index (κ2) is 5.84. The van der Waals surface area contributed by atoms with Crippen molar-refractivity contribution in [2.45, 2.75) is 38.8 Å². The molecule has 1 fully saturated rings. The van der Waals surface area contributed by atoms with Crippen LogP contribution in [-0.2, 0) is 0 Å². The lowest BCUT2D eigenvalue weighted by Crippen LogP contribution is -2.29. The second-order valence-corrected chi connectivity index (χ2v) is 5.62. The van der Waals surface area contributed by atoms with Crippen LogP contribution in [0, 0.1) is 13.8 Å². The normalized spacial score (nSPS) is 15.8. The standard InChI is InChI=1S/C17H21N3O/c1-11-6-9-16(12(2)19-11)17(20-18)13-4-3-5-15(10-13)21-14-7-8-14/h3-6,9-10,14,17,20H,7-8,18H2,1-2H3. The first kappa shape index (κ1) is 14.0. The van der Waals surface area contributed by atoms with Crippen molar-refractivity contribution in [3.8, 4) is 5.75 Å². The van der Waals surface area contributed by atoms with Crippen LogP contribution < -0.4 is 16.0 Å². The van der Waals surface area contributed by atoms with Gasteiger partial charge in [-0.15, -0.1) is 0 Å². The van der Waals surface area contributed by atoms with Gasteiger partial charge in [-0.1, -0.05) is 18.2 Å². The van der Waals surface area contributed by atoms with E-state index in [2.05, 4.69) is 28.6 Å². The Balaban J connectivity index is 1.91. The fourth-order valence-corrected chi connectivity index (χ4v) is 2.51. The van der Waals surface area contributed by atoms with Crippen LogP contribution in [-0.4, -0.2) is 11.1 Å². The van der Waals surface area contributed by atoms with E-state index in [1.807, 2.05) is 32.0 Å². The van der Waals surface area contributed by atoms with Crippen LogP contribution in [0.5, 0.6) is 5.75 Å². The molecule has 1 aliphatic carbocycles. The molecule has 1 aromatic carbocycles. The average Bonchev–Trinajstić information content (AvgIpc) is 3.26. The van der Waals surface area contributed by atoms with Gasteiger partial charge in [0.1, 0.15) is 5.75 Å². The Labute approximate surface area is 125 Å². The van der Waals surface area contributed by atoms with Gasteiger partial charge < -0.3 is 4.74 Å². The molecule has 21 heavy (non-hydrogen) atoms. The summed E-state index contributed by atoms with van der Waals surface area (Å²) in [6.45, 7) is 4.00. The van der Waals surface area contributed by atoms with Gasteiger partial charge in [-0.2, -0.15) is 0 Å². The number of hydrazine groups is 1. The summed E-state index contributed by atoms with van der Waals surface area (Å²) in [4.78, 5) is 4.52. The first-order valence-corrected chi connectivity index (χ1v) is 7.34. The number of ether oxygens (including phenoxy) is 1. The molecule has 1 aliphatic rings. The Morgan fingerprint density at radius 1 is 1.24 bits per heavy atom. The van der Waals surface area contributed by atoms with E-state index < -0.39 is 0 Å². The predicted octanol–water partition coefficient (Wildman–Crippen LogP) is 2.79. The van der Waals surface area contributed by atoms with Crippen molar-refractivity contribution in [2.24, 2.45) is 5.84 Å². The fourth-order valence-electron chi connectivity index (χ4n) is 2.51. The molecule has 1 unspecified atom stereocenters. The molecule has 4 nitrogen and oxygen atoms in total. The predicted molar refractivity (Wildman–Crippen MR) is 83.0 cm³/mol. The van der Waals surface area contributed by atoms with Gasteiger partial charge in [0.05, 0.1) is 12.1 Å². The first-order chi connectivity index (χ1) is 10.2. The molecule has 1 atom stereocenters. The van der Waals surface area contributed by atoms with Gasteiger partial charge in [0, 0.05) is 11.4 Å². The van der Waals surface area contributed by atoms with E-state index in [0.29, 0.717) is 6.10 Å². The van der Waals surface area contributed by atoms with Crippen molar-refractivity contribution < 1.29 is 4.74 Å². The van der Waals surface area contributed by atoms with Crippen molar-refractivity contribution in [3.05, 3.63) is 58.9 Å². The van der Waals surface area contributed by atoms with Gasteiger partial charge in [0.15, 0.2) is 0 Å². The van der Waals surface area contributed by atoms with E-state index in [0.717, 1.165) is 41.1 Å². The number of nitrogens with one attached hydrogen (secondary N) is 1. The maximum Gasteiger partial charge on any atom is 0.120 e. The smallest absolute Gasteiger partial charge is 0.120 e. The summed E-state index contributed by atoms with van der Waals surface area (Å²) in [6.07, 6.45) is 2.71. The first-order valence-electron chi connectivity index (χ1n) is 7.34.